The third-order valence-electron chi connectivity index (χ3n) is 1.85. The number of carbonyl (C=O) groups is 1. The first-order valence-electron chi connectivity index (χ1n) is 4.00. The van der Waals surface area contributed by atoms with Gasteiger partial charge in [0.05, 0.1) is 23.8 Å². The van der Waals surface area contributed by atoms with Crippen molar-refractivity contribution in [2.24, 2.45) is 12.8 Å². The van der Waals surface area contributed by atoms with E-state index in [-0.39, 0.29) is 0 Å². The summed E-state index contributed by atoms with van der Waals surface area (Å²) in [5.41, 5.74) is 6.80. The number of imidazole rings is 1. The fourth-order valence-corrected chi connectivity index (χ4v) is 1.25. The Bertz CT molecular complexity index is 456. The lowest BCUT2D eigenvalue weighted by Crippen LogP contribution is -2.11. The lowest BCUT2D eigenvalue weighted by atomic mass is 10.2. The number of carbonyl (C=O) groups excluding carboxylic acids is 1. The predicted octanol–water partition coefficient (Wildman–Crippen LogP) is -0.0909. The first-order chi connectivity index (χ1) is 6.68. The molecule has 2 heterocycles. The van der Waals surface area contributed by atoms with Crippen molar-refractivity contribution in [3.63, 3.8) is 0 Å². The number of amides is 1. The molecule has 3 N–H and O–H groups in total. The largest absolute Gasteiger partial charge is 0.365 e. The van der Waals surface area contributed by atoms with Gasteiger partial charge in [-0.25, -0.2) is 4.98 Å². The van der Waals surface area contributed by atoms with Gasteiger partial charge >= 0.3 is 0 Å². The van der Waals surface area contributed by atoms with E-state index >= 15 is 0 Å². The Hall–Kier alpha value is -2.11. The van der Waals surface area contributed by atoms with Gasteiger partial charge in [-0.05, 0) is 0 Å². The number of aromatic amines is 1. The summed E-state index contributed by atoms with van der Waals surface area (Å²) in [6.45, 7) is 0. The summed E-state index contributed by atoms with van der Waals surface area (Å²) in [6.07, 6.45) is 4.70. The number of rotatable bonds is 2. The van der Waals surface area contributed by atoms with Crippen LogP contribution in [0.2, 0.25) is 0 Å². The lowest BCUT2D eigenvalue weighted by Gasteiger charge is -1.93. The van der Waals surface area contributed by atoms with Crippen molar-refractivity contribution >= 4 is 5.91 Å². The van der Waals surface area contributed by atoms with Crippen LogP contribution < -0.4 is 5.73 Å². The molecule has 0 saturated carbocycles. The van der Waals surface area contributed by atoms with Gasteiger partial charge in [0, 0.05) is 13.2 Å². The number of H-pyrrole nitrogens is 1. The van der Waals surface area contributed by atoms with Crippen molar-refractivity contribution in [3.05, 3.63) is 24.3 Å². The molecule has 0 bridgehead atoms. The molecule has 0 aliphatic heterocycles. The van der Waals surface area contributed by atoms with E-state index in [9.17, 15) is 4.79 Å². The highest BCUT2D eigenvalue weighted by molar-refractivity contribution is 5.98. The second-order valence-electron chi connectivity index (χ2n) is 2.89. The van der Waals surface area contributed by atoms with Gasteiger partial charge in [-0.1, -0.05) is 0 Å². The van der Waals surface area contributed by atoms with Crippen molar-refractivity contribution in [2.45, 2.75) is 0 Å². The normalized spacial score (nSPS) is 10.4. The van der Waals surface area contributed by atoms with Crippen LogP contribution in [0.25, 0.3) is 11.4 Å². The first-order valence-corrected chi connectivity index (χ1v) is 4.00. The van der Waals surface area contributed by atoms with Gasteiger partial charge in [0.2, 0.25) is 0 Å². The van der Waals surface area contributed by atoms with E-state index in [0.717, 1.165) is 0 Å². The molecule has 6 nitrogen and oxygen atoms in total. The topological polar surface area (TPSA) is 89.6 Å². The summed E-state index contributed by atoms with van der Waals surface area (Å²) in [6, 6.07) is 0. The second-order valence-corrected chi connectivity index (χ2v) is 2.89. The average Bonchev–Trinajstić information content (AvgIpc) is 2.70. The van der Waals surface area contributed by atoms with E-state index in [0.29, 0.717) is 17.0 Å². The number of nitrogens with one attached hydrogen (secondary N) is 1. The minimum Gasteiger partial charge on any atom is -0.365 e. The van der Waals surface area contributed by atoms with Gasteiger partial charge in [-0.15, -0.1) is 0 Å². The summed E-state index contributed by atoms with van der Waals surface area (Å²) in [5, 5.41) is 4.12. The SMILES string of the molecule is Cn1cc(C(N)=O)c(-c2cnc[nH]2)n1. The molecular formula is C8H9N5O. The van der Waals surface area contributed by atoms with Gasteiger partial charge in [0.15, 0.2) is 0 Å². The molecule has 2 aromatic rings. The van der Waals surface area contributed by atoms with Gasteiger partial charge in [-0.3, -0.25) is 9.48 Å². The monoisotopic (exact) mass is 191 g/mol. The fraction of sp³-hybridized carbons (Fsp3) is 0.125. The molecule has 0 aliphatic carbocycles. The minimum atomic E-state index is -0.497. The zero-order valence-corrected chi connectivity index (χ0v) is 7.56. The first kappa shape index (κ1) is 8.49. The van der Waals surface area contributed by atoms with Crippen LogP contribution >= 0.6 is 0 Å². The summed E-state index contributed by atoms with van der Waals surface area (Å²) < 4.78 is 1.54. The fourth-order valence-electron chi connectivity index (χ4n) is 1.25. The van der Waals surface area contributed by atoms with Crippen molar-refractivity contribution in [2.75, 3.05) is 0 Å². The summed E-state index contributed by atoms with van der Waals surface area (Å²) in [7, 11) is 1.73. The van der Waals surface area contributed by atoms with Crippen molar-refractivity contribution in [1.82, 2.24) is 19.7 Å². The van der Waals surface area contributed by atoms with E-state index in [4.69, 9.17) is 5.73 Å². The molecular weight excluding hydrogens is 182 g/mol. The molecule has 0 aliphatic rings. The van der Waals surface area contributed by atoms with Gasteiger partial charge in [0.25, 0.3) is 5.91 Å². The molecule has 1 amide bonds. The lowest BCUT2D eigenvalue weighted by molar-refractivity contribution is 0.100. The van der Waals surface area contributed by atoms with Crippen LogP contribution in [0.15, 0.2) is 18.7 Å². The molecule has 14 heavy (non-hydrogen) atoms. The van der Waals surface area contributed by atoms with Gasteiger partial charge < -0.3 is 10.7 Å². The highest BCUT2D eigenvalue weighted by Gasteiger charge is 2.14. The minimum absolute atomic E-state index is 0.386. The molecule has 0 aromatic carbocycles. The van der Waals surface area contributed by atoms with Crippen LogP contribution in [-0.4, -0.2) is 25.7 Å². The van der Waals surface area contributed by atoms with E-state index in [2.05, 4.69) is 15.1 Å². The molecule has 0 spiro atoms. The standard InChI is InChI=1S/C8H9N5O/c1-13-3-5(8(9)14)7(12-13)6-2-10-4-11-6/h2-4H,1H3,(H2,9,14)(H,10,11). The number of nitrogens with two attached hydrogens (primary N) is 1. The molecule has 0 unspecified atom stereocenters. The molecule has 0 atom stereocenters. The zero-order valence-electron chi connectivity index (χ0n) is 7.56. The Morgan fingerprint density at radius 1 is 1.64 bits per heavy atom. The number of primary amides is 1. The van der Waals surface area contributed by atoms with E-state index < -0.39 is 5.91 Å². The number of nitrogens with zero attached hydrogens (tertiary/aromatic N) is 3. The van der Waals surface area contributed by atoms with Crippen molar-refractivity contribution in [3.8, 4) is 11.4 Å². The Balaban J connectivity index is 2.58. The average molecular weight is 191 g/mol. The van der Waals surface area contributed by atoms with Gasteiger partial charge in [-0.2, -0.15) is 5.10 Å². The maximum Gasteiger partial charge on any atom is 0.252 e. The van der Waals surface area contributed by atoms with Gasteiger partial charge in [0.1, 0.15) is 5.69 Å². The highest BCUT2D eigenvalue weighted by Crippen LogP contribution is 2.17. The number of aryl methyl sites for hydroxylation is 1. The van der Waals surface area contributed by atoms with Crippen molar-refractivity contribution in [1.29, 1.82) is 0 Å². The third kappa shape index (κ3) is 1.26. The summed E-state index contributed by atoms with van der Waals surface area (Å²) in [4.78, 5) is 17.8. The Kier molecular flexibility index (Phi) is 1.81. The van der Waals surface area contributed by atoms with Crippen LogP contribution in [-0.2, 0) is 7.05 Å². The van der Waals surface area contributed by atoms with Crippen LogP contribution in [0.1, 0.15) is 10.4 Å². The smallest absolute Gasteiger partial charge is 0.252 e. The Morgan fingerprint density at radius 2 is 2.43 bits per heavy atom. The zero-order chi connectivity index (χ0) is 10.1. The second kappa shape index (κ2) is 2.99. The molecule has 2 aromatic heterocycles. The summed E-state index contributed by atoms with van der Waals surface area (Å²) in [5.74, 6) is -0.497. The van der Waals surface area contributed by atoms with Crippen LogP contribution in [0.5, 0.6) is 0 Å². The molecule has 0 radical (unpaired) electrons. The molecule has 0 saturated heterocycles. The predicted molar refractivity (Wildman–Crippen MR) is 49.3 cm³/mol. The molecule has 6 heteroatoms. The Morgan fingerprint density at radius 3 is 3.00 bits per heavy atom. The number of hydrogen-bond acceptors (Lipinski definition) is 3. The molecule has 2 rings (SSSR count). The van der Waals surface area contributed by atoms with Crippen LogP contribution in [0, 0.1) is 0 Å². The highest BCUT2D eigenvalue weighted by atomic mass is 16.1. The Labute approximate surface area is 79.8 Å². The third-order valence-corrected chi connectivity index (χ3v) is 1.85. The van der Waals surface area contributed by atoms with Crippen LogP contribution in [0.3, 0.4) is 0 Å². The quantitative estimate of drug-likeness (QED) is 0.695. The van der Waals surface area contributed by atoms with E-state index in [1.807, 2.05) is 0 Å². The summed E-state index contributed by atoms with van der Waals surface area (Å²) >= 11 is 0. The molecule has 0 fully saturated rings. The van der Waals surface area contributed by atoms with Crippen molar-refractivity contribution < 1.29 is 4.79 Å². The van der Waals surface area contributed by atoms with E-state index in [1.165, 1.54) is 11.0 Å². The van der Waals surface area contributed by atoms with Crippen LogP contribution in [0.4, 0.5) is 0 Å². The maximum atomic E-state index is 11.1. The number of aromatic nitrogens is 4. The van der Waals surface area contributed by atoms with E-state index in [1.54, 1.807) is 19.4 Å². The number of hydrogen-bond donors (Lipinski definition) is 2. The molecule has 72 valence electrons. The maximum absolute atomic E-state index is 11.1.